The van der Waals surface area contributed by atoms with Crippen LogP contribution in [0.5, 0.6) is 0 Å². The highest BCUT2D eigenvalue weighted by atomic mass is 127. The quantitative estimate of drug-likeness (QED) is 0.185. The number of carbonyl (C=O) groups excluding carboxylic acids is 4. The molecule has 0 saturated heterocycles. The Bertz CT molecular complexity index is 513. The molecule has 0 unspecified atom stereocenters. The van der Waals surface area contributed by atoms with Crippen molar-refractivity contribution in [2.45, 2.75) is 0 Å². The fourth-order valence-corrected chi connectivity index (χ4v) is 2.42. The maximum absolute atomic E-state index is 11.9. The summed E-state index contributed by atoms with van der Waals surface area (Å²) in [7, 11) is 4.25. The predicted molar refractivity (Wildman–Crippen MR) is 85.1 cm³/mol. The van der Waals surface area contributed by atoms with E-state index in [9.17, 15) is 19.2 Å². The molecule has 0 rings (SSSR count). The van der Waals surface area contributed by atoms with Crippen LogP contribution in [0.2, 0.25) is 0 Å². The van der Waals surface area contributed by atoms with Crippen LogP contribution < -0.4 is 0 Å². The lowest BCUT2D eigenvalue weighted by molar-refractivity contribution is -0.141. The van der Waals surface area contributed by atoms with Gasteiger partial charge >= 0.3 is 23.9 Å². The Balaban J connectivity index is 6.60. The number of esters is 4. The van der Waals surface area contributed by atoms with Crippen molar-refractivity contribution >= 4 is 62.4 Å². The van der Waals surface area contributed by atoms with E-state index in [0.29, 0.717) is 0 Å². The summed E-state index contributed by atoms with van der Waals surface area (Å²) in [4.78, 5) is 47.2. The molecular formula is C12H12BrIO8. The van der Waals surface area contributed by atoms with Crippen LogP contribution in [0.4, 0.5) is 0 Å². The lowest BCUT2D eigenvalue weighted by Crippen LogP contribution is -2.21. The van der Waals surface area contributed by atoms with Crippen molar-refractivity contribution in [2.24, 2.45) is 0 Å². The average molecular weight is 491 g/mol. The van der Waals surface area contributed by atoms with E-state index in [0.717, 1.165) is 28.4 Å². The van der Waals surface area contributed by atoms with E-state index < -0.39 is 39.5 Å². The highest BCUT2D eigenvalue weighted by Gasteiger charge is 2.33. The summed E-state index contributed by atoms with van der Waals surface area (Å²) in [5.41, 5.74) is -1.00. The lowest BCUT2D eigenvalue weighted by Gasteiger charge is -2.12. The molecule has 0 aliphatic heterocycles. The van der Waals surface area contributed by atoms with Crippen molar-refractivity contribution in [3.05, 3.63) is 19.2 Å². The molecule has 0 atom stereocenters. The van der Waals surface area contributed by atoms with Crippen molar-refractivity contribution < 1.29 is 38.1 Å². The maximum atomic E-state index is 11.9. The molecular weight excluding hydrogens is 479 g/mol. The summed E-state index contributed by atoms with van der Waals surface area (Å²) < 4.78 is 17.4. The van der Waals surface area contributed by atoms with Crippen molar-refractivity contribution in [3.8, 4) is 0 Å². The first-order valence-corrected chi connectivity index (χ1v) is 7.27. The summed E-state index contributed by atoms with van der Waals surface area (Å²) in [6.45, 7) is 0. The number of carbonyl (C=O) groups is 4. The highest BCUT2D eigenvalue weighted by Crippen LogP contribution is 2.29. The van der Waals surface area contributed by atoms with Crippen LogP contribution in [0, 0.1) is 0 Å². The highest BCUT2D eigenvalue weighted by molar-refractivity contribution is 14.1. The van der Waals surface area contributed by atoms with Crippen LogP contribution in [-0.4, -0.2) is 52.3 Å². The number of halogens is 2. The van der Waals surface area contributed by atoms with Gasteiger partial charge in [0.15, 0.2) is 0 Å². The molecule has 22 heavy (non-hydrogen) atoms. The Hall–Kier alpha value is -1.43. The van der Waals surface area contributed by atoms with Gasteiger partial charge < -0.3 is 18.9 Å². The monoisotopic (exact) mass is 490 g/mol. The first-order valence-electron chi connectivity index (χ1n) is 5.39. The molecule has 10 heteroatoms. The third-order valence-corrected chi connectivity index (χ3v) is 3.90. The molecule has 0 fully saturated rings. The summed E-state index contributed by atoms with van der Waals surface area (Å²) in [6, 6.07) is 0. The molecule has 0 bridgehead atoms. The van der Waals surface area contributed by atoms with Gasteiger partial charge in [-0.25, -0.2) is 19.2 Å². The number of methoxy groups -OCH3 is 4. The third kappa shape index (κ3) is 4.80. The second-order valence-corrected chi connectivity index (χ2v) is 5.22. The van der Waals surface area contributed by atoms with Gasteiger partial charge in [-0.2, -0.15) is 0 Å². The zero-order valence-electron chi connectivity index (χ0n) is 12.0. The van der Waals surface area contributed by atoms with Crippen LogP contribution in [0.15, 0.2) is 19.2 Å². The second kappa shape index (κ2) is 9.56. The van der Waals surface area contributed by atoms with Gasteiger partial charge in [0, 0.05) is 0 Å². The molecule has 0 heterocycles. The minimum absolute atomic E-state index is 0.270. The minimum Gasteiger partial charge on any atom is -0.465 e. The fraction of sp³-hybridized carbons (Fsp3) is 0.333. The van der Waals surface area contributed by atoms with E-state index in [2.05, 4.69) is 34.9 Å². The van der Waals surface area contributed by atoms with Crippen LogP contribution >= 0.6 is 38.5 Å². The molecule has 0 aromatic carbocycles. The van der Waals surface area contributed by atoms with Crippen molar-refractivity contribution in [3.63, 3.8) is 0 Å². The molecule has 0 N–H and O–H groups in total. The molecule has 0 aliphatic carbocycles. The molecule has 0 aliphatic rings. The van der Waals surface area contributed by atoms with Gasteiger partial charge in [0.2, 0.25) is 0 Å². The maximum Gasteiger partial charge on any atom is 0.345 e. The molecule has 122 valence electrons. The first kappa shape index (κ1) is 20.6. The molecule has 0 amide bonds. The van der Waals surface area contributed by atoms with E-state index in [1.54, 1.807) is 0 Å². The van der Waals surface area contributed by atoms with E-state index in [1.165, 1.54) is 22.6 Å². The van der Waals surface area contributed by atoms with Crippen molar-refractivity contribution in [1.29, 1.82) is 0 Å². The number of hydrogen-bond donors (Lipinski definition) is 0. The van der Waals surface area contributed by atoms with Crippen LogP contribution in [0.1, 0.15) is 0 Å². The Morgan fingerprint density at radius 2 is 1.05 bits per heavy atom. The van der Waals surface area contributed by atoms with Crippen molar-refractivity contribution in [1.82, 2.24) is 0 Å². The predicted octanol–water partition coefficient (Wildman–Crippen LogP) is 1.02. The van der Waals surface area contributed by atoms with E-state index >= 15 is 0 Å². The molecule has 0 aromatic heterocycles. The standard InChI is InChI=1S/C12H12BrIO8/c1-19-9(15)5(7(13)11(17)21-3)6(10(16)20-2)8(14)12(18)22-4/h1-4H3/b7-5+,8-6+. The van der Waals surface area contributed by atoms with E-state index in [4.69, 9.17) is 0 Å². The van der Waals surface area contributed by atoms with Gasteiger partial charge in [0.05, 0.1) is 39.6 Å². The zero-order valence-corrected chi connectivity index (χ0v) is 15.8. The van der Waals surface area contributed by atoms with Crippen LogP contribution in [-0.2, 0) is 38.1 Å². The number of hydrogen-bond acceptors (Lipinski definition) is 8. The van der Waals surface area contributed by atoms with Gasteiger partial charge in [0.25, 0.3) is 0 Å². The minimum atomic E-state index is -1.05. The largest absolute Gasteiger partial charge is 0.465 e. The van der Waals surface area contributed by atoms with Gasteiger partial charge in [-0.3, -0.25) is 0 Å². The lowest BCUT2D eigenvalue weighted by atomic mass is 10.1. The van der Waals surface area contributed by atoms with Crippen molar-refractivity contribution in [2.75, 3.05) is 28.4 Å². The van der Waals surface area contributed by atoms with Gasteiger partial charge in [0.1, 0.15) is 8.06 Å². The average Bonchev–Trinajstić information content (AvgIpc) is 2.55. The molecule has 0 saturated carbocycles. The normalized spacial score (nSPS) is 12.5. The van der Waals surface area contributed by atoms with Crippen LogP contribution in [0.25, 0.3) is 0 Å². The van der Waals surface area contributed by atoms with Crippen LogP contribution in [0.3, 0.4) is 0 Å². The summed E-state index contributed by atoms with van der Waals surface area (Å²) in [5, 5.41) is 0. The summed E-state index contributed by atoms with van der Waals surface area (Å²) >= 11 is 4.35. The topological polar surface area (TPSA) is 105 Å². The smallest absolute Gasteiger partial charge is 0.345 e. The van der Waals surface area contributed by atoms with E-state index in [1.807, 2.05) is 0 Å². The number of rotatable bonds is 5. The summed E-state index contributed by atoms with van der Waals surface area (Å²) in [5.74, 6) is -3.92. The first-order chi connectivity index (χ1) is 10.3. The summed E-state index contributed by atoms with van der Waals surface area (Å²) in [6.07, 6.45) is 0. The number of ether oxygens (including phenoxy) is 4. The van der Waals surface area contributed by atoms with Gasteiger partial charge in [-0.05, 0) is 38.5 Å². The van der Waals surface area contributed by atoms with E-state index in [-0.39, 0.29) is 3.58 Å². The second-order valence-electron chi connectivity index (χ2n) is 3.34. The molecule has 8 nitrogen and oxygen atoms in total. The Kier molecular flexibility index (Phi) is 8.94. The Labute approximate surface area is 148 Å². The molecule has 0 spiro atoms. The Morgan fingerprint density at radius 3 is 1.41 bits per heavy atom. The van der Waals surface area contributed by atoms with Gasteiger partial charge in [-0.15, -0.1) is 0 Å². The zero-order chi connectivity index (χ0) is 17.4. The Morgan fingerprint density at radius 1 is 0.682 bits per heavy atom. The molecule has 0 aromatic rings. The van der Waals surface area contributed by atoms with Gasteiger partial charge in [-0.1, -0.05) is 0 Å². The molecule has 0 radical (unpaired) electrons. The third-order valence-electron chi connectivity index (χ3n) is 2.20. The SMILES string of the molecule is COC(=O)/C(Br)=C(C(=O)OC)/C(C(=O)OC)=C(\I)C(=O)OC. The fourth-order valence-electron chi connectivity index (χ4n) is 1.19.